The van der Waals surface area contributed by atoms with Crippen molar-refractivity contribution in [1.82, 2.24) is 10.5 Å². The number of aromatic nitrogens is 1. The van der Waals surface area contributed by atoms with Gasteiger partial charge in [-0.25, -0.2) is 0 Å². The molecule has 1 aromatic carbocycles. The molecule has 0 radical (unpaired) electrons. The van der Waals surface area contributed by atoms with Gasteiger partial charge in [-0.3, -0.25) is 4.79 Å². The van der Waals surface area contributed by atoms with Gasteiger partial charge in [0.1, 0.15) is 5.56 Å². The van der Waals surface area contributed by atoms with Crippen molar-refractivity contribution in [2.24, 2.45) is 0 Å². The highest BCUT2D eigenvalue weighted by molar-refractivity contribution is 5.96. The quantitative estimate of drug-likeness (QED) is 0.936. The molecule has 0 fully saturated rings. The lowest BCUT2D eigenvalue weighted by Gasteiger charge is -2.15. The third-order valence-electron chi connectivity index (χ3n) is 3.88. The molecule has 1 amide bonds. The average molecular weight is 316 g/mol. The van der Waals surface area contributed by atoms with E-state index in [0.717, 1.165) is 11.3 Å². The fourth-order valence-corrected chi connectivity index (χ4v) is 2.59. The van der Waals surface area contributed by atoms with Gasteiger partial charge < -0.3 is 19.3 Å². The van der Waals surface area contributed by atoms with Crippen LogP contribution in [0.2, 0.25) is 0 Å². The number of carbonyl (C=O) groups excluding carboxylic acids is 1. The van der Waals surface area contributed by atoms with Crippen LogP contribution in [0.4, 0.5) is 0 Å². The number of rotatable bonds is 4. The monoisotopic (exact) mass is 316 g/mol. The van der Waals surface area contributed by atoms with E-state index in [4.69, 9.17) is 14.0 Å². The van der Waals surface area contributed by atoms with E-state index in [-0.39, 0.29) is 24.7 Å². The molecule has 122 valence electrons. The molecule has 0 aliphatic carbocycles. The lowest BCUT2D eigenvalue weighted by atomic mass is 10.0. The summed E-state index contributed by atoms with van der Waals surface area (Å²) in [6.07, 6.45) is 0. The van der Waals surface area contributed by atoms with E-state index < -0.39 is 0 Å². The van der Waals surface area contributed by atoms with Gasteiger partial charge in [0.2, 0.25) is 6.79 Å². The van der Waals surface area contributed by atoms with Crippen molar-refractivity contribution in [3.63, 3.8) is 0 Å². The van der Waals surface area contributed by atoms with Crippen LogP contribution >= 0.6 is 0 Å². The number of hydrogen-bond donors (Lipinski definition) is 1. The molecule has 2 heterocycles. The highest BCUT2D eigenvalue weighted by atomic mass is 16.7. The first-order valence-corrected chi connectivity index (χ1v) is 7.64. The van der Waals surface area contributed by atoms with Crippen LogP contribution in [0.25, 0.3) is 0 Å². The number of benzene rings is 1. The van der Waals surface area contributed by atoms with Crippen molar-refractivity contribution in [2.45, 2.75) is 39.7 Å². The zero-order chi connectivity index (χ0) is 16.6. The van der Waals surface area contributed by atoms with Crippen molar-refractivity contribution in [3.05, 3.63) is 40.8 Å². The van der Waals surface area contributed by atoms with Crippen molar-refractivity contribution < 1.29 is 18.8 Å². The SMILES string of the molecule is Cc1noc(C(C)C)c1C(=O)NC(C)c1ccc2c(c1)OCO2. The molecule has 1 N–H and O–H groups in total. The molecule has 1 unspecified atom stereocenters. The largest absolute Gasteiger partial charge is 0.454 e. The van der Waals surface area contributed by atoms with Gasteiger partial charge in [0, 0.05) is 5.92 Å². The van der Waals surface area contributed by atoms with Gasteiger partial charge in [-0.2, -0.15) is 0 Å². The maximum atomic E-state index is 12.6. The molecule has 3 rings (SSSR count). The second-order valence-electron chi connectivity index (χ2n) is 5.97. The summed E-state index contributed by atoms with van der Waals surface area (Å²) < 4.78 is 16.0. The van der Waals surface area contributed by atoms with Crippen molar-refractivity contribution in [1.29, 1.82) is 0 Å². The molecule has 0 spiro atoms. The molecule has 6 heteroatoms. The van der Waals surface area contributed by atoms with E-state index in [1.807, 2.05) is 39.0 Å². The van der Waals surface area contributed by atoms with Crippen LogP contribution in [0, 0.1) is 6.92 Å². The van der Waals surface area contributed by atoms with Gasteiger partial charge in [0.15, 0.2) is 17.3 Å². The zero-order valence-electron chi connectivity index (χ0n) is 13.7. The van der Waals surface area contributed by atoms with Gasteiger partial charge in [-0.1, -0.05) is 25.1 Å². The summed E-state index contributed by atoms with van der Waals surface area (Å²) in [6, 6.07) is 5.48. The summed E-state index contributed by atoms with van der Waals surface area (Å²) in [7, 11) is 0. The summed E-state index contributed by atoms with van der Waals surface area (Å²) in [6.45, 7) is 7.87. The Labute approximate surface area is 134 Å². The minimum atomic E-state index is -0.183. The predicted octanol–water partition coefficient (Wildman–Crippen LogP) is 3.33. The van der Waals surface area contributed by atoms with Crippen molar-refractivity contribution >= 4 is 5.91 Å². The summed E-state index contributed by atoms with van der Waals surface area (Å²) in [4.78, 5) is 12.6. The molecular weight excluding hydrogens is 296 g/mol. The molecule has 0 bridgehead atoms. The number of aryl methyl sites for hydroxylation is 1. The van der Waals surface area contributed by atoms with Crippen LogP contribution in [-0.2, 0) is 0 Å². The van der Waals surface area contributed by atoms with Crippen molar-refractivity contribution in [3.8, 4) is 11.5 Å². The molecule has 2 aromatic rings. The summed E-state index contributed by atoms with van der Waals surface area (Å²) in [5.41, 5.74) is 2.07. The van der Waals surface area contributed by atoms with Gasteiger partial charge in [0.25, 0.3) is 5.91 Å². The van der Waals surface area contributed by atoms with Gasteiger partial charge in [0.05, 0.1) is 11.7 Å². The van der Waals surface area contributed by atoms with Gasteiger partial charge >= 0.3 is 0 Å². The molecular formula is C17H20N2O4. The van der Waals surface area contributed by atoms with Crippen LogP contribution in [0.1, 0.15) is 60.1 Å². The number of hydrogen-bond acceptors (Lipinski definition) is 5. The second-order valence-corrected chi connectivity index (χ2v) is 5.97. The molecule has 1 aliphatic rings. The Morgan fingerprint density at radius 3 is 2.70 bits per heavy atom. The maximum absolute atomic E-state index is 12.6. The van der Waals surface area contributed by atoms with Gasteiger partial charge in [-0.05, 0) is 31.5 Å². The first-order valence-electron chi connectivity index (χ1n) is 7.64. The third-order valence-corrected chi connectivity index (χ3v) is 3.88. The lowest BCUT2D eigenvalue weighted by molar-refractivity contribution is 0.0936. The Morgan fingerprint density at radius 2 is 1.96 bits per heavy atom. The molecule has 23 heavy (non-hydrogen) atoms. The summed E-state index contributed by atoms with van der Waals surface area (Å²) >= 11 is 0. The van der Waals surface area contributed by atoms with Gasteiger partial charge in [-0.15, -0.1) is 0 Å². The highest BCUT2D eigenvalue weighted by Gasteiger charge is 2.24. The molecule has 1 aliphatic heterocycles. The number of fused-ring (bicyclic) bond motifs is 1. The molecule has 1 aromatic heterocycles. The molecule has 6 nitrogen and oxygen atoms in total. The topological polar surface area (TPSA) is 73.6 Å². The Kier molecular flexibility index (Phi) is 3.98. The predicted molar refractivity (Wildman–Crippen MR) is 83.8 cm³/mol. The number of ether oxygens (including phenoxy) is 2. The van der Waals surface area contributed by atoms with E-state index in [2.05, 4.69) is 10.5 Å². The van der Waals surface area contributed by atoms with Crippen LogP contribution in [-0.4, -0.2) is 17.9 Å². The Hall–Kier alpha value is -2.50. The second kappa shape index (κ2) is 5.95. The number of amides is 1. The van der Waals surface area contributed by atoms with Crippen LogP contribution in [0.15, 0.2) is 22.7 Å². The lowest BCUT2D eigenvalue weighted by Crippen LogP contribution is -2.27. The fourth-order valence-electron chi connectivity index (χ4n) is 2.59. The Bertz CT molecular complexity index is 736. The maximum Gasteiger partial charge on any atom is 0.257 e. The smallest absolute Gasteiger partial charge is 0.257 e. The average Bonchev–Trinajstić information content (AvgIpc) is 3.12. The van der Waals surface area contributed by atoms with E-state index in [0.29, 0.717) is 22.8 Å². The summed E-state index contributed by atoms with van der Waals surface area (Å²) in [5, 5.41) is 6.90. The normalized spacial score (nSPS) is 14.1. The highest BCUT2D eigenvalue weighted by Crippen LogP contribution is 2.34. The van der Waals surface area contributed by atoms with E-state index in [9.17, 15) is 4.79 Å². The zero-order valence-corrected chi connectivity index (χ0v) is 13.7. The van der Waals surface area contributed by atoms with Crippen LogP contribution in [0.3, 0.4) is 0 Å². The molecule has 0 saturated carbocycles. The van der Waals surface area contributed by atoms with Crippen LogP contribution in [0.5, 0.6) is 11.5 Å². The van der Waals surface area contributed by atoms with E-state index in [1.54, 1.807) is 6.92 Å². The number of nitrogens with zero attached hydrogens (tertiary/aromatic N) is 1. The minimum Gasteiger partial charge on any atom is -0.454 e. The third kappa shape index (κ3) is 2.88. The standard InChI is InChI=1S/C17H20N2O4/c1-9(2)16-15(11(4)19-23-16)17(20)18-10(3)12-5-6-13-14(7-12)22-8-21-13/h5-7,9-10H,8H2,1-4H3,(H,18,20). The first-order chi connectivity index (χ1) is 11.0. The number of carbonyl (C=O) groups is 1. The Balaban J connectivity index is 1.79. The fraction of sp³-hybridized carbons (Fsp3) is 0.412. The van der Waals surface area contributed by atoms with E-state index in [1.165, 1.54) is 0 Å². The minimum absolute atomic E-state index is 0.0952. The van der Waals surface area contributed by atoms with E-state index >= 15 is 0 Å². The number of nitrogens with one attached hydrogen (secondary N) is 1. The van der Waals surface area contributed by atoms with Crippen molar-refractivity contribution in [2.75, 3.05) is 6.79 Å². The first kappa shape index (κ1) is 15.4. The summed E-state index contributed by atoms with van der Waals surface area (Å²) in [5.74, 6) is 1.95. The van der Waals surface area contributed by atoms with Crippen LogP contribution < -0.4 is 14.8 Å². The molecule has 0 saturated heterocycles. The molecule has 1 atom stereocenters. The Morgan fingerprint density at radius 1 is 1.22 bits per heavy atom.